The normalized spacial score (nSPS) is 52.3. The first-order valence-corrected chi connectivity index (χ1v) is 6.48. The molecule has 0 aromatic carbocycles. The smallest absolute Gasteiger partial charge is 0.00133 e. The van der Waals surface area contributed by atoms with Gasteiger partial charge in [-0.25, -0.2) is 0 Å². The zero-order valence-corrected chi connectivity index (χ0v) is 9.28. The van der Waals surface area contributed by atoms with Crippen LogP contribution in [-0.2, 0) is 0 Å². The van der Waals surface area contributed by atoms with Gasteiger partial charge in [0.15, 0.2) is 0 Å². The molecule has 0 radical (unpaired) electrons. The average Bonchev–Trinajstić information content (AvgIpc) is 2.09. The SMILES string of the molecule is CC(N)CC1C2CC3CC(C2)CC1C3. The van der Waals surface area contributed by atoms with Gasteiger partial charge >= 0.3 is 0 Å². The highest BCUT2D eigenvalue weighted by Crippen LogP contribution is 2.57. The Kier molecular flexibility index (Phi) is 2.12. The Hall–Kier alpha value is -0.0400. The Labute approximate surface area is 87.4 Å². The fourth-order valence-corrected chi connectivity index (χ4v) is 4.85. The molecule has 1 atom stereocenters. The molecular weight excluding hydrogens is 170 g/mol. The van der Waals surface area contributed by atoms with Crippen molar-refractivity contribution in [1.29, 1.82) is 0 Å². The lowest BCUT2D eigenvalue weighted by Crippen LogP contribution is -2.46. The van der Waals surface area contributed by atoms with Gasteiger partial charge in [0.05, 0.1) is 0 Å². The van der Waals surface area contributed by atoms with Crippen LogP contribution in [0.15, 0.2) is 0 Å². The molecule has 0 aromatic rings. The van der Waals surface area contributed by atoms with Crippen molar-refractivity contribution in [2.45, 2.75) is 51.5 Å². The Bertz CT molecular complexity index is 193. The van der Waals surface area contributed by atoms with Crippen molar-refractivity contribution in [3.05, 3.63) is 0 Å². The zero-order chi connectivity index (χ0) is 9.71. The van der Waals surface area contributed by atoms with E-state index in [0.717, 1.165) is 29.6 Å². The van der Waals surface area contributed by atoms with E-state index in [1.807, 2.05) is 0 Å². The first-order chi connectivity index (χ1) is 6.72. The molecular formula is C13H23N. The molecule has 0 amide bonds. The van der Waals surface area contributed by atoms with Crippen LogP contribution in [0.3, 0.4) is 0 Å². The highest BCUT2D eigenvalue weighted by Gasteiger charge is 2.47. The minimum absolute atomic E-state index is 0.428. The van der Waals surface area contributed by atoms with Crippen molar-refractivity contribution in [1.82, 2.24) is 0 Å². The fraction of sp³-hybridized carbons (Fsp3) is 1.00. The summed E-state index contributed by atoms with van der Waals surface area (Å²) < 4.78 is 0. The summed E-state index contributed by atoms with van der Waals surface area (Å²) in [4.78, 5) is 0. The standard InChI is InChI=1S/C13H23N/c1-8(14)2-13-11-4-9-3-10(6-11)7-12(13)5-9/h8-13H,2-7,14H2,1H3. The molecule has 4 aliphatic carbocycles. The highest BCUT2D eigenvalue weighted by atomic mass is 14.6. The summed E-state index contributed by atoms with van der Waals surface area (Å²) in [6.07, 6.45) is 9.05. The lowest BCUT2D eigenvalue weighted by Gasteiger charge is -2.55. The molecule has 0 spiro atoms. The van der Waals surface area contributed by atoms with Crippen molar-refractivity contribution < 1.29 is 0 Å². The Balaban J connectivity index is 1.74. The zero-order valence-electron chi connectivity index (χ0n) is 9.28. The topological polar surface area (TPSA) is 26.0 Å². The van der Waals surface area contributed by atoms with E-state index in [2.05, 4.69) is 6.92 Å². The van der Waals surface area contributed by atoms with Crippen LogP contribution in [-0.4, -0.2) is 6.04 Å². The predicted octanol–water partition coefficient (Wildman–Crippen LogP) is 2.80. The molecule has 0 saturated heterocycles. The molecule has 0 aliphatic heterocycles. The van der Waals surface area contributed by atoms with Crippen molar-refractivity contribution in [3.63, 3.8) is 0 Å². The van der Waals surface area contributed by atoms with Crippen molar-refractivity contribution in [2.75, 3.05) is 0 Å². The van der Waals surface area contributed by atoms with Crippen LogP contribution in [0, 0.1) is 29.6 Å². The van der Waals surface area contributed by atoms with E-state index in [-0.39, 0.29) is 0 Å². The van der Waals surface area contributed by atoms with E-state index in [0.29, 0.717) is 6.04 Å². The molecule has 1 nitrogen and oxygen atoms in total. The van der Waals surface area contributed by atoms with Gasteiger partial charge in [-0.05, 0) is 75.0 Å². The first kappa shape index (κ1) is 9.21. The largest absolute Gasteiger partial charge is 0.328 e. The van der Waals surface area contributed by atoms with Gasteiger partial charge in [0, 0.05) is 6.04 Å². The van der Waals surface area contributed by atoms with E-state index in [1.165, 1.54) is 6.42 Å². The lowest BCUT2D eigenvalue weighted by atomic mass is 9.51. The number of hydrogen-bond donors (Lipinski definition) is 1. The van der Waals surface area contributed by atoms with Gasteiger partial charge in [0.2, 0.25) is 0 Å². The summed E-state index contributed by atoms with van der Waals surface area (Å²) in [5, 5.41) is 0. The summed E-state index contributed by atoms with van der Waals surface area (Å²) in [5.41, 5.74) is 5.97. The summed E-state index contributed by atoms with van der Waals surface area (Å²) in [6, 6.07) is 0.428. The molecule has 4 bridgehead atoms. The molecule has 4 fully saturated rings. The summed E-state index contributed by atoms with van der Waals surface area (Å²) >= 11 is 0. The van der Waals surface area contributed by atoms with Gasteiger partial charge in [-0.1, -0.05) is 0 Å². The minimum atomic E-state index is 0.428. The Morgan fingerprint density at radius 2 is 1.50 bits per heavy atom. The molecule has 4 saturated carbocycles. The van der Waals surface area contributed by atoms with Gasteiger partial charge in [0.1, 0.15) is 0 Å². The van der Waals surface area contributed by atoms with Crippen LogP contribution < -0.4 is 5.73 Å². The number of hydrogen-bond acceptors (Lipinski definition) is 1. The van der Waals surface area contributed by atoms with Crippen LogP contribution in [0.2, 0.25) is 0 Å². The summed E-state index contributed by atoms with van der Waals surface area (Å²) in [6.45, 7) is 2.19. The third kappa shape index (κ3) is 1.41. The van der Waals surface area contributed by atoms with E-state index in [4.69, 9.17) is 5.73 Å². The van der Waals surface area contributed by atoms with E-state index < -0.39 is 0 Å². The van der Waals surface area contributed by atoms with Crippen molar-refractivity contribution in [3.8, 4) is 0 Å². The highest BCUT2D eigenvalue weighted by molar-refractivity contribution is 4.98. The molecule has 80 valence electrons. The van der Waals surface area contributed by atoms with E-state index in [1.54, 1.807) is 32.1 Å². The third-order valence-electron chi connectivity index (χ3n) is 5.07. The van der Waals surface area contributed by atoms with Crippen molar-refractivity contribution in [2.24, 2.45) is 35.3 Å². The van der Waals surface area contributed by atoms with Gasteiger partial charge in [-0.3, -0.25) is 0 Å². The average molecular weight is 193 g/mol. The first-order valence-electron chi connectivity index (χ1n) is 6.48. The number of rotatable bonds is 2. The molecule has 1 unspecified atom stereocenters. The Morgan fingerprint density at radius 1 is 1.00 bits per heavy atom. The van der Waals surface area contributed by atoms with Gasteiger partial charge in [-0.15, -0.1) is 0 Å². The second-order valence-corrected chi connectivity index (χ2v) is 6.31. The molecule has 4 rings (SSSR count). The monoisotopic (exact) mass is 193 g/mol. The van der Waals surface area contributed by atoms with Crippen molar-refractivity contribution >= 4 is 0 Å². The third-order valence-corrected chi connectivity index (χ3v) is 5.07. The molecule has 0 aromatic heterocycles. The molecule has 1 heteroatoms. The molecule has 4 aliphatic rings. The van der Waals surface area contributed by atoms with Crippen LogP contribution in [0.1, 0.15) is 45.4 Å². The second-order valence-electron chi connectivity index (χ2n) is 6.31. The quantitative estimate of drug-likeness (QED) is 0.717. The Morgan fingerprint density at radius 3 is 1.93 bits per heavy atom. The van der Waals surface area contributed by atoms with Crippen LogP contribution >= 0.6 is 0 Å². The predicted molar refractivity (Wildman–Crippen MR) is 58.8 cm³/mol. The van der Waals surface area contributed by atoms with Crippen LogP contribution in [0.5, 0.6) is 0 Å². The van der Waals surface area contributed by atoms with E-state index in [9.17, 15) is 0 Å². The number of nitrogens with two attached hydrogens (primary N) is 1. The second kappa shape index (κ2) is 3.23. The maximum Gasteiger partial charge on any atom is 0.00133 e. The molecule has 14 heavy (non-hydrogen) atoms. The van der Waals surface area contributed by atoms with E-state index >= 15 is 0 Å². The molecule has 2 N–H and O–H groups in total. The fourth-order valence-electron chi connectivity index (χ4n) is 4.85. The molecule has 0 heterocycles. The lowest BCUT2D eigenvalue weighted by molar-refractivity contribution is -0.0413. The maximum absolute atomic E-state index is 5.97. The van der Waals surface area contributed by atoms with Crippen LogP contribution in [0.4, 0.5) is 0 Å². The van der Waals surface area contributed by atoms with Gasteiger partial charge < -0.3 is 5.73 Å². The minimum Gasteiger partial charge on any atom is -0.328 e. The summed E-state index contributed by atoms with van der Waals surface area (Å²) in [7, 11) is 0. The summed E-state index contributed by atoms with van der Waals surface area (Å²) in [5.74, 6) is 5.36. The van der Waals surface area contributed by atoms with Gasteiger partial charge in [0.25, 0.3) is 0 Å². The maximum atomic E-state index is 5.97. The van der Waals surface area contributed by atoms with Crippen LogP contribution in [0.25, 0.3) is 0 Å². The van der Waals surface area contributed by atoms with Gasteiger partial charge in [-0.2, -0.15) is 0 Å².